The van der Waals surface area contributed by atoms with Gasteiger partial charge in [0, 0.05) is 29.9 Å². The number of anilines is 1. The molecule has 2 atom stereocenters. The fourth-order valence-electron chi connectivity index (χ4n) is 4.89. The zero-order valence-electron chi connectivity index (χ0n) is 18.3. The molecule has 2 bridgehead atoms. The fourth-order valence-corrected chi connectivity index (χ4v) is 7.72. The first-order valence-corrected chi connectivity index (χ1v) is 14.1. The predicted octanol–water partition coefficient (Wildman–Crippen LogP) is 2.11. The molecule has 5 N–H and O–H groups in total. The van der Waals surface area contributed by atoms with Crippen molar-refractivity contribution in [1.82, 2.24) is 4.72 Å². The minimum Gasteiger partial charge on any atom is -0.388 e. The molecule has 3 aliphatic carbocycles. The molecule has 0 aromatic heterocycles. The van der Waals surface area contributed by atoms with Crippen LogP contribution in [0.2, 0.25) is 5.02 Å². The minimum absolute atomic E-state index is 0.0303. The van der Waals surface area contributed by atoms with Gasteiger partial charge < -0.3 is 10.4 Å². The highest BCUT2D eigenvalue weighted by molar-refractivity contribution is 7.92. The zero-order valence-corrected chi connectivity index (χ0v) is 20.7. The van der Waals surface area contributed by atoms with Crippen molar-refractivity contribution in [1.29, 1.82) is 0 Å². The predicted molar refractivity (Wildman–Crippen MR) is 124 cm³/mol. The molecule has 2 unspecified atom stereocenters. The molecule has 5 rings (SSSR count). The molecule has 15 heteroatoms. The zero-order chi connectivity index (χ0) is 26.6. The van der Waals surface area contributed by atoms with Crippen LogP contribution in [0.15, 0.2) is 35.2 Å². The SMILES string of the molecule is NS(=O)(=O)NC[C@]1(O)C2CC1C[C@@H](S(=O)(=O)c1cc(C(=O)Nc3cc(F)c(F)c(F)c3)ccc1Cl)C2. The average molecular weight is 568 g/mol. The second-order valence-corrected chi connectivity index (χ2v) is 13.0. The monoisotopic (exact) mass is 567 g/mol. The van der Waals surface area contributed by atoms with E-state index in [4.69, 9.17) is 16.7 Å². The van der Waals surface area contributed by atoms with Gasteiger partial charge in [0.2, 0.25) is 0 Å². The van der Waals surface area contributed by atoms with Crippen LogP contribution >= 0.6 is 11.6 Å². The van der Waals surface area contributed by atoms with Gasteiger partial charge in [0.05, 0.1) is 20.8 Å². The molecule has 36 heavy (non-hydrogen) atoms. The largest absolute Gasteiger partial charge is 0.388 e. The van der Waals surface area contributed by atoms with Crippen LogP contribution in [0.4, 0.5) is 18.9 Å². The summed E-state index contributed by atoms with van der Waals surface area (Å²) in [5, 5.41) is 16.8. The van der Waals surface area contributed by atoms with Gasteiger partial charge in [0.1, 0.15) is 0 Å². The number of nitrogens with one attached hydrogen (secondary N) is 2. The maximum atomic E-state index is 13.4. The first-order chi connectivity index (χ1) is 16.6. The first-order valence-electron chi connectivity index (χ1n) is 10.6. The summed E-state index contributed by atoms with van der Waals surface area (Å²) in [6, 6.07) is 4.57. The van der Waals surface area contributed by atoms with Gasteiger partial charge in [-0.1, -0.05) is 11.6 Å². The van der Waals surface area contributed by atoms with Gasteiger partial charge in [-0.2, -0.15) is 13.1 Å². The molecule has 9 nitrogen and oxygen atoms in total. The Morgan fingerprint density at radius 2 is 1.64 bits per heavy atom. The number of benzene rings is 2. The highest BCUT2D eigenvalue weighted by atomic mass is 35.5. The molecular weight excluding hydrogens is 547 g/mol. The number of sulfone groups is 1. The number of hydrogen-bond donors (Lipinski definition) is 4. The van der Waals surface area contributed by atoms with Crippen molar-refractivity contribution in [3.05, 3.63) is 58.4 Å². The van der Waals surface area contributed by atoms with Crippen LogP contribution in [0.5, 0.6) is 0 Å². The Hall–Kier alpha value is -2.23. The van der Waals surface area contributed by atoms with E-state index in [9.17, 15) is 39.9 Å². The lowest BCUT2D eigenvalue weighted by molar-refractivity contribution is -0.170. The van der Waals surface area contributed by atoms with E-state index in [1.54, 1.807) is 0 Å². The van der Waals surface area contributed by atoms with Crippen LogP contribution in [0.25, 0.3) is 0 Å². The van der Waals surface area contributed by atoms with E-state index in [0.717, 1.165) is 6.07 Å². The van der Waals surface area contributed by atoms with Gasteiger partial charge in [-0.3, -0.25) is 4.79 Å². The maximum Gasteiger partial charge on any atom is 0.274 e. The number of nitrogens with two attached hydrogens (primary N) is 1. The third kappa shape index (κ3) is 4.97. The first kappa shape index (κ1) is 26.8. The van der Waals surface area contributed by atoms with Gasteiger partial charge in [0.15, 0.2) is 27.3 Å². The number of halogens is 4. The van der Waals surface area contributed by atoms with Crippen molar-refractivity contribution < 1.29 is 39.9 Å². The van der Waals surface area contributed by atoms with Gasteiger partial charge in [-0.25, -0.2) is 26.7 Å². The molecule has 3 aliphatic rings. The van der Waals surface area contributed by atoms with E-state index >= 15 is 0 Å². The number of carbonyl (C=O) groups is 1. The standard InChI is InChI=1S/C21H21ClF3N3O6S2/c22-15-2-1-10(20(29)28-13-7-16(23)19(25)17(24)8-13)3-18(15)35(31,32)14-5-11-4-12(6-14)21(11,30)9-27-36(26,33)34/h1-3,7-8,11-12,14,27,30H,4-6,9H2,(H,28,29)(H2,26,33,34)/t11?,12?,14-,21-. The van der Waals surface area contributed by atoms with E-state index in [1.165, 1.54) is 12.1 Å². The lowest BCUT2D eigenvalue weighted by atomic mass is 9.54. The Balaban J connectivity index is 1.53. The number of hydrogen-bond acceptors (Lipinski definition) is 6. The molecule has 0 heterocycles. The average Bonchev–Trinajstić information content (AvgIpc) is 2.80. The lowest BCUT2D eigenvalue weighted by Crippen LogP contribution is -2.66. The molecular formula is C21H21ClF3N3O6S2. The molecule has 0 spiro atoms. The fraction of sp³-hybridized carbons (Fsp3) is 0.381. The summed E-state index contributed by atoms with van der Waals surface area (Å²) in [5.41, 5.74) is -1.99. The van der Waals surface area contributed by atoms with E-state index in [-0.39, 0.29) is 40.6 Å². The Kier molecular flexibility index (Phi) is 6.90. The summed E-state index contributed by atoms with van der Waals surface area (Å²) in [6.45, 7) is -0.338. The smallest absolute Gasteiger partial charge is 0.274 e. The third-order valence-electron chi connectivity index (χ3n) is 6.81. The normalized spacial score (nSPS) is 25.8. The maximum absolute atomic E-state index is 13.4. The van der Waals surface area contributed by atoms with E-state index in [2.05, 4.69) is 10.0 Å². The van der Waals surface area contributed by atoms with Gasteiger partial charge in [0.25, 0.3) is 16.1 Å². The van der Waals surface area contributed by atoms with Crippen LogP contribution in [-0.2, 0) is 20.0 Å². The van der Waals surface area contributed by atoms with Crippen molar-refractivity contribution in [2.75, 3.05) is 11.9 Å². The highest BCUT2D eigenvalue weighted by Crippen LogP contribution is 2.55. The molecule has 3 fully saturated rings. The van der Waals surface area contributed by atoms with E-state index in [0.29, 0.717) is 18.6 Å². The summed E-state index contributed by atoms with van der Waals surface area (Å²) in [5.74, 6) is -6.65. The summed E-state index contributed by atoms with van der Waals surface area (Å²) >= 11 is 6.14. The molecule has 196 valence electrons. The molecule has 1 amide bonds. The Morgan fingerprint density at radius 3 is 2.19 bits per heavy atom. The number of fused-ring (bicyclic) bond motifs is 2. The number of aliphatic hydroxyl groups is 1. The summed E-state index contributed by atoms with van der Waals surface area (Å²) in [7, 11) is -8.13. The van der Waals surface area contributed by atoms with Crippen molar-refractivity contribution in [2.24, 2.45) is 17.0 Å². The lowest BCUT2D eigenvalue weighted by Gasteiger charge is -2.58. The second kappa shape index (κ2) is 9.26. The van der Waals surface area contributed by atoms with Crippen molar-refractivity contribution in [3.8, 4) is 0 Å². The molecule has 0 aliphatic heterocycles. The van der Waals surface area contributed by atoms with Crippen molar-refractivity contribution >= 4 is 43.2 Å². The molecule has 0 radical (unpaired) electrons. The van der Waals surface area contributed by atoms with E-state index < -0.39 is 66.1 Å². The number of amides is 1. The molecule has 2 aromatic carbocycles. The van der Waals surface area contributed by atoms with Gasteiger partial charge in [-0.15, -0.1) is 0 Å². The van der Waals surface area contributed by atoms with Gasteiger partial charge in [-0.05, 0) is 49.3 Å². The Bertz CT molecular complexity index is 1420. The van der Waals surface area contributed by atoms with Crippen LogP contribution < -0.4 is 15.2 Å². The Labute approximate surface area is 209 Å². The van der Waals surface area contributed by atoms with E-state index in [1.807, 2.05) is 0 Å². The quantitative estimate of drug-likeness (QED) is 0.376. The van der Waals surface area contributed by atoms with Gasteiger partial charge >= 0.3 is 0 Å². The summed E-state index contributed by atoms with van der Waals surface area (Å²) < 4.78 is 91.3. The highest BCUT2D eigenvalue weighted by Gasteiger charge is 2.60. The van der Waals surface area contributed by atoms with Crippen LogP contribution in [0.1, 0.15) is 29.6 Å². The van der Waals surface area contributed by atoms with Crippen molar-refractivity contribution in [2.45, 2.75) is 35.0 Å². The van der Waals surface area contributed by atoms with Crippen LogP contribution in [0.3, 0.4) is 0 Å². The molecule has 0 saturated heterocycles. The summed E-state index contributed by atoms with van der Waals surface area (Å²) in [6.07, 6.45) is 0.570. The topological polar surface area (TPSA) is 156 Å². The summed E-state index contributed by atoms with van der Waals surface area (Å²) in [4.78, 5) is 12.3. The second-order valence-electron chi connectivity index (χ2n) is 8.98. The Morgan fingerprint density at radius 1 is 1.06 bits per heavy atom. The number of rotatable bonds is 7. The number of carbonyl (C=O) groups excluding carboxylic acids is 1. The third-order valence-corrected chi connectivity index (χ3v) is 10.0. The van der Waals surface area contributed by atoms with Crippen molar-refractivity contribution in [3.63, 3.8) is 0 Å². The minimum atomic E-state index is -4.09. The molecule has 3 saturated carbocycles. The van der Waals surface area contributed by atoms with Crippen LogP contribution in [-0.4, -0.2) is 45.2 Å². The van der Waals surface area contributed by atoms with Crippen LogP contribution in [0, 0.1) is 29.3 Å². The molecule has 2 aromatic rings.